The minimum atomic E-state index is 0.428. The lowest BCUT2D eigenvalue weighted by Crippen LogP contribution is -2.37. The fourth-order valence-electron chi connectivity index (χ4n) is 1.90. The van der Waals surface area contributed by atoms with E-state index in [-0.39, 0.29) is 0 Å². The third-order valence-electron chi connectivity index (χ3n) is 2.99. The molecule has 0 spiro atoms. The normalized spacial score (nSPS) is 24.5. The summed E-state index contributed by atoms with van der Waals surface area (Å²) in [6, 6.07) is 0.497. The van der Waals surface area contributed by atoms with Crippen LogP contribution < -0.4 is 5.73 Å². The molecule has 2 N–H and O–H groups in total. The average Bonchev–Trinajstić information content (AvgIpc) is 2.25. The second-order valence-corrected chi connectivity index (χ2v) is 7.24. The lowest BCUT2D eigenvalue weighted by atomic mass is 10.1. The summed E-state index contributed by atoms with van der Waals surface area (Å²) in [6.07, 6.45) is 2.10. The smallest absolute Gasteiger partial charge is 0.0742 e. The van der Waals surface area contributed by atoms with E-state index in [0.717, 1.165) is 13.0 Å². The molecule has 0 saturated carbocycles. The van der Waals surface area contributed by atoms with Crippen molar-refractivity contribution in [1.82, 2.24) is 4.90 Å². The number of rotatable bonds is 3. The van der Waals surface area contributed by atoms with Crippen molar-refractivity contribution in [2.75, 3.05) is 18.8 Å². The van der Waals surface area contributed by atoms with Gasteiger partial charge in [-0.05, 0) is 19.9 Å². The van der Waals surface area contributed by atoms with Crippen LogP contribution in [0.1, 0.15) is 33.6 Å². The highest BCUT2D eigenvalue weighted by Gasteiger charge is 2.25. The molecule has 1 fully saturated rings. The van der Waals surface area contributed by atoms with E-state index in [4.69, 9.17) is 18.0 Å². The zero-order valence-electron chi connectivity index (χ0n) is 9.95. The van der Waals surface area contributed by atoms with Gasteiger partial charge in [-0.3, -0.25) is 4.90 Å². The Hall–Kier alpha value is 0.200. The van der Waals surface area contributed by atoms with Gasteiger partial charge in [-0.2, -0.15) is 11.8 Å². The van der Waals surface area contributed by atoms with Crippen molar-refractivity contribution >= 4 is 29.0 Å². The molecule has 1 atom stereocenters. The molecule has 0 aromatic heterocycles. The van der Waals surface area contributed by atoms with Crippen LogP contribution in [0, 0.1) is 0 Å². The van der Waals surface area contributed by atoms with Crippen molar-refractivity contribution in [3.8, 4) is 0 Å². The summed E-state index contributed by atoms with van der Waals surface area (Å²) in [6.45, 7) is 9.22. The summed E-state index contributed by atoms with van der Waals surface area (Å²) in [5.74, 6) is 1.22. The summed E-state index contributed by atoms with van der Waals surface area (Å²) >= 11 is 7.04. The first-order valence-electron chi connectivity index (χ1n) is 5.57. The quantitative estimate of drug-likeness (QED) is 0.774. The van der Waals surface area contributed by atoms with E-state index < -0.39 is 0 Å². The van der Waals surface area contributed by atoms with E-state index in [9.17, 15) is 0 Å². The van der Waals surface area contributed by atoms with Crippen LogP contribution in [0.3, 0.4) is 0 Å². The van der Waals surface area contributed by atoms with Crippen molar-refractivity contribution in [3.63, 3.8) is 0 Å². The van der Waals surface area contributed by atoms with Crippen molar-refractivity contribution in [1.29, 1.82) is 0 Å². The monoisotopic (exact) mass is 246 g/mol. The molecule has 88 valence electrons. The number of nitrogens with zero attached hydrogens (tertiary/aromatic N) is 1. The van der Waals surface area contributed by atoms with E-state index >= 15 is 0 Å². The molecular weight excluding hydrogens is 224 g/mol. The van der Waals surface area contributed by atoms with E-state index in [1.807, 2.05) is 0 Å². The van der Waals surface area contributed by atoms with Crippen molar-refractivity contribution in [2.45, 2.75) is 44.4 Å². The molecule has 2 nitrogen and oxygen atoms in total. The standard InChI is InChI=1S/C11H22N2S2/c1-9(8-10(12)14)13-5-4-11(2,3)15-7-6-13/h9H,4-8H2,1-3H3,(H2,12,14). The van der Waals surface area contributed by atoms with Gasteiger partial charge >= 0.3 is 0 Å². The molecule has 1 saturated heterocycles. The van der Waals surface area contributed by atoms with E-state index in [1.165, 1.54) is 18.7 Å². The number of hydrogen-bond donors (Lipinski definition) is 1. The van der Waals surface area contributed by atoms with Crippen molar-refractivity contribution in [3.05, 3.63) is 0 Å². The lowest BCUT2D eigenvalue weighted by Gasteiger charge is -2.27. The summed E-state index contributed by atoms with van der Waals surface area (Å²) in [5.41, 5.74) is 5.59. The molecule has 1 rings (SSSR count). The molecule has 1 heterocycles. The summed E-state index contributed by atoms with van der Waals surface area (Å²) < 4.78 is 0.428. The molecule has 1 unspecified atom stereocenters. The Labute approximate surface area is 103 Å². The number of hydrogen-bond acceptors (Lipinski definition) is 3. The minimum absolute atomic E-state index is 0.428. The Morgan fingerprint density at radius 3 is 2.80 bits per heavy atom. The van der Waals surface area contributed by atoms with Crippen LogP contribution in [0.5, 0.6) is 0 Å². The first-order valence-corrected chi connectivity index (χ1v) is 6.96. The number of nitrogens with two attached hydrogens (primary N) is 1. The maximum atomic E-state index is 5.59. The van der Waals surface area contributed by atoms with Gasteiger partial charge < -0.3 is 5.73 Å². The molecule has 1 aliphatic heterocycles. The number of thioether (sulfide) groups is 1. The summed E-state index contributed by atoms with van der Waals surface area (Å²) in [7, 11) is 0. The van der Waals surface area contributed by atoms with Crippen LogP contribution in [0.4, 0.5) is 0 Å². The first kappa shape index (κ1) is 13.3. The van der Waals surface area contributed by atoms with Crippen LogP contribution >= 0.6 is 24.0 Å². The van der Waals surface area contributed by atoms with Gasteiger partial charge in [-0.25, -0.2) is 0 Å². The van der Waals surface area contributed by atoms with Gasteiger partial charge in [0.25, 0.3) is 0 Å². The number of thiocarbonyl (C=S) groups is 1. The fraction of sp³-hybridized carbons (Fsp3) is 0.909. The summed E-state index contributed by atoms with van der Waals surface area (Å²) in [4.78, 5) is 3.15. The maximum Gasteiger partial charge on any atom is 0.0742 e. The molecule has 0 aromatic rings. The molecule has 15 heavy (non-hydrogen) atoms. The van der Waals surface area contributed by atoms with Gasteiger partial charge in [0.15, 0.2) is 0 Å². The topological polar surface area (TPSA) is 29.3 Å². The SMILES string of the molecule is CC(CC(N)=S)N1CCSC(C)(C)CC1. The molecule has 0 aliphatic carbocycles. The van der Waals surface area contributed by atoms with Crippen molar-refractivity contribution < 1.29 is 0 Å². The Kier molecular flexibility index (Phi) is 4.87. The zero-order chi connectivity index (χ0) is 11.5. The Morgan fingerprint density at radius 2 is 2.20 bits per heavy atom. The summed E-state index contributed by atoms with van der Waals surface area (Å²) in [5, 5.41) is 0. The van der Waals surface area contributed by atoms with Gasteiger partial charge in [0.1, 0.15) is 0 Å². The maximum absolute atomic E-state index is 5.59. The Morgan fingerprint density at radius 1 is 1.53 bits per heavy atom. The van der Waals surface area contributed by atoms with Crippen LogP contribution in [-0.2, 0) is 0 Å². The molecule has 0 bridgehead atoms. The van der Waals surface area contributed by atoms with Crippen LogP contribution in [0.15, 0.2) is 0 Å². The molecule has 0 aromatic carbocycles. The van der Waals surface area contributed by atoms with E-state index in [1.54, 1.807) is 0 Å². The highest BCUT2D eigenvalue weighted by atomic mass is 32.2. The first-order chi connectivity index (χ1) is 6.91. The largest absolute Gasteiger partial charge is 0.393 e. The highest BCUT2D eigenvalue weighted by molar-refractivity contribution is 8.00. The van der Waals surface area contributed by atoms with Crippen LogP contribution in [-0.4, -0.2) is 39.5 Å². The molecular formula is C11H22N2S2. The van der Waals surface area contributed by atoms with E-state index in [2.05, 4.69) is 37.4 Å². The zero-order valence-corrected chi connectivity index (χ0v) is 11.6. The predicted octanol–water partition coefficient (Wildman–Crippen LogP) is 2.27. The molecule has 0 amide bonds. The van der Waals surface area contributed by atoms with Crippen LogP contribution in [0.2, 0.25) is 0 Å². The molecule has 1 aliphatic rings. The fourth-order valence-corrected chi connectivity index (χ4v) is 3.25. The lowest BCUT2D eigenvalue weighted by molar-refractivity contribution is 0.223. The van der Waals surface area contributed by atoms with Gasteiger partial charge in [0, 0.05) is 29.5 Å². The van der Waals surface area contributed by atoms with E-state index in [0.29, 0.717) is 15.8 Å². The molecule has 0 radical (unpaired) electrons. The Bertz CT molecular complexity index is 229. The van der Waals surface area contributed by atoms with Gasteiger partial charge in [0.2, 0.25) is 0 Å². The van der Waals surface area contributed by atoms with Gasteiger partial charge in [0.05, 0.1) is 4.99 Å². The predicted molar refractivity (Wildman–Crippen MR) is 73.6 cm³/mol. The third-order valence-corrected chi connectivity index (χ3v) is 4.53. The van der Waals surface area contributed by atoms with Crippen LogP contribution in [0.25, 0.3) is 0 Å². The average molecular weight is 246 g/mol. The highest BCUT2D eigenvalue weighted by Crippen LogP contribution is 2.31. The third kappa shape index (κ3) is 4.70. The second-order valence-electron chi connectivity index (χ2n) is 4.91. The van der Waals surface area contributed by atoms with Crippen molar-refractivity contribution in [2.24, 2.45) is 5.73 Å². The minimum Gasteiger partial charge on any atom is -0.393 e. The Balaban J connectivity index is 2.46. The van der Waals surface area contributed by atoms with Gasteiger partial charge in [-0.15, -0.1) is 0 Å². The molecule has 4 heteroatoms. The van der Waals surface area contributed by atoms with Gasteiger partial charge in [-0.1, -0.05) is 26.1 Å². The second kappa shape index (κ2) is 5.51.